The number of nitrogens with one attached hydrogen (secondary N) is 1. The van der Waals surface area contributed by atoms with Gasteiger partial charge in [0.2, 0.25) is 0 Å². The predicted octanol–water partition coefficient (Wildman–Crippen LogP) is 1.85. The highest BCUT2D eigenvalue weighted by molar-refractivity contribution is 5.28. The Morgan fingerprint density at radius 3 is 3.14 bits per heavy atom. The van der Waals surface area contributed by atoms with Crippen molar-refractivity contribution in [3.8, 4) is 5.75 Å². The summed E-state index contributed by atoms with van der Waals surface area (Å²) in [7, 11) is 1.72. The van der Waals surface area contributed by atoms with Crippen molar-refractivity contribution < 1.29 is 4.74 Å². The molecule has 0 aromatic heterocycles. The quantitative estimate of drug-likeness (QED) is 0.787. The molecule has 0 bridgehead atoms. The second-order valence-electron chi connectivity index (χ2n) is 3.91. The van der Waals surface area contributed by atoms with Crippen LogP contribution in [0.2, 0.25) is 0 Å². The fourth-order valence-corrected chi connectivity index (χ4v) is 2.02. The normalized spacial score (nSPS) is 21.1. The zero-order chi connectivity index (χ0) is 9.80. The van der Waals surface area contributed by atoms with Gasteiger partial charge in [-0.2, -0.15) is 0 Å². The molecule has 2 rings (SSSR count). The average Bonchev–Trinajstić information content (AvgIpc) is 2.71. The van der Waals surface area contributed by atoms with Crippen LogP contribution < -0.4 is 10.1 Å². The Labute approximate surface area is 85.3 Å². The minimum atomic E-state index is 0.808. The molecule has 1 aromatic rings. The van der Waals surface area contributed by atoms with Crippen LogP contribution in [0.15, 0.2) is 24.3 Å². The summed E-state index contributed by atoms with van der Waals surface area (Å²) in [5.41, 5.74) is 1.39. The lowest BCUT2D eigenvalue weighted by atomic mass is 9.99. The molecule has 2 nitrogen and oxygen atoms in total. The van der Waals surface area contributed by atoms with Crippen molar-refractivity contribution in [1.29, 1.82) is 0 Å². The van der Waals surface area contributed by atoms with Crippen LogP contribution in [0.4, 0.5) is 0 Å². The van der Waals surface area contributed by atoms with Crippen molar-refractivity contribution in [3.63, 3.8) is 0 Å². The maximum atomic E-state index is 5.20. The summed E-state index contributed by atoms with van der Waals surface area (Å²) in [4.78, 5) is 0. The third-order valence-electron chi connectivity index (χ3n) is 2.82. The van der Waals surface area contributed by atoms with Gasteiger partial charge in [0.1, 0.15) is 5.75 Å². The van der Waals surface area contributed by atoms with E-state index >= 15 is 0 Å². The van der Waals surface area contributed by atoms with Gasteiger partial charge in [-0.25, -0.2) is 0 Å². The smallest absolute Gasteiger partial charge is 0.119 e. The number of ether oxygens (including phenoxy) is 1. The number of hydrogen-bond acceptors (Lipinski definition) is 2. The van der Waals surface area contributed by atoms with Crippen molar-refractivity contribution in [2.75, 3.05) is 20.2 Å². The van der Waals surface area contributed by atoms with E-state index < -0.39 is 0 Å². The maximum absolute atomic E-state index is 5.20. The highest BCUT2D eigenvalue weighted by Crippen LogP contribution is 2.18. The Morgan fingerprint density at radius 1 is 1.50 bits per heavy atom. The Kier molecular flexibility index (Phi) is 3.04. The summed E-state index contributed by atoms with van der Waals surface area (Å²) >= 11 is 0. The van der Waals surface area contributed by atoms with Gasteiger partial charge in [-0.05, 0) is 49.5 Å². The summed E-state index contributed by atoms with van der Waals surface area (Å²) in [6.45, 7) is 2.34. The SMILES string of the molecule is COc1cccc(CC2CCNC2)c1. The second kappa shape index (κ2) is 4.47. The zero-order valence-corrected chi connectivity index (χ0v) is 8.62. The first-order valence-corrected chi connectivity index (χ1v) is 5.22. The topological polar surface area (TPSA) is 21.3 Å². The molecule has 14 heavy (non-hydrogen) atoms. The van der Waals surface area contributed by atoms with E-state index in [2.05, 4.69) is 23.5 Å². The Bertz CT molecular complexity index is 292. The van der Waals surface area contributed by atoms with Crippen molar-refractivity contribution in [2.24, 2.45) is 5.92 Å². The molecule has 1 fully saturated rings. The highest BCUT2D eigenvalue weighted by Gasteiger charge is 2.14. The Morgan fingerprint density at radius 2 is 2.43 bits per heavy atom. The van der Waals surface area contributed by atoms with E-state index in [1.165, 1.54) is 24.9 Å². The van der Waals surface area contributed by atoms with Crippen LogP contribution in [0.3, 0.4) is 0 Å². The lowest BCUT2D eigenvalue weighted by Gasteiger charge is -2.09. The molecule has 76 valence electrons. The van der Waals surface area contributed by atoms with Crippen molar-refractivity contribution in [1.82, 2.24) is 5.32 Å². The molecule has 0 amide bonds. The summed E-state index contributed by atoms with van der Waals surface area (Å²) in [5, 5.41) is 3.39. The molecule has 0 radical (unpaired) electrons. The lowest BCUT2D eigenvalue weighted by molar-refractivity contribution is 0.414. The molecule has 0 spiro atoms. The summed E-state index contributed by atoms with van der Waals surface area (Å²) < 4.78 is 5.20. The van der Waals surface area contributed by atoms with Crippen LogP contribution in [0.25, 0.3) is 0 Å². The van der Waals surface area contributed by atoms with Gasteiger partial charge in [0.05, 0.1) is 7.11 Å². The van der Waals surface area contributed by atoms with Gasteiger partial charge in [-0.1, -0.05) is 12.1 Å². The molecule has 0 aliphatic carbocycles. The third kappa shape index (κ3) is 2.26. The van der Waals surface area contributed by atoms with E-state index in [1.54, 1.807) is 7.11 Å². The zero-order valence-electron chi connectivity index (χ0n) is 8.62. The molecule has 1 aromatic carbocycles. The van der Waals surface area contributed by atoms with E-state index in [0.717, 1.165) is 18.2 Å². The van der Waals surface area contributed by atoms with E-state index in [1.807, 2.05) is 6.07 Å². The monoisotopic (exact) mass is 191 g/mol. The van der Waals surface area contributed by atoms with Gasteiger partial charge in [0.15, 0.2) is 0 Å². The first kappa shape index (κ1) is 9.53. The molecule has 1 unspecified atom stereocenters. The summed E-state index contributed by atoms with van der Waals surface area (Å²) in [6.07, 6.45) is 2.47. The van der Waals surface area contributed by atoms with Gasteiger partial charge >= 0.3 is 0 Å². The number of rotatable bonds is 3. The standard InChI is InChI=1S/C12H17NO/c1-14-12-4-2-3-10(8-12)7-11-5-6-13-9-11/h2-4,8,11,13H,5-7,9H2,1H3. The first-order valence-electron chi connectivity index (χ1n) is 5.22. The van der Waals surface area contributed by atoms with Crippen molar-refractivity contribution in [2.45, 2.75) is 12.8 Å². The molecular weight excluding hydrogens is 174 g/mol. The van der Waals surface area contributed by atoms with E-state index in [0.29, 0.717) is 0 Å². The first-order chi connectivity index (χ1) is 6.88. The van der Waals surface area contributed by atoms with Gasteiger partial charge in [0, 0.05) is 0 Å². The largest absolute Gasteiger partial charge is 0.497 e. The minimum Gasteiger partial charge on any atom is -0.497 e. The van der Waals surface area contributed by atoms with Crippen LogP contribution in [0.1, 0.15) is 12.0 Å². The molecule has 1 aliphatic rings. The number of hydrogen-bond donors (Lipinski definition) is 1. The summed E-state index contributed by atoms with van der Waals surface area (Å²) in [5.74, 6) is 1.77. The molecule has 1 N–H and O–H groups in total. The highest BCUT2D eigenvalue weighted by atomic mass is 16.5. The minimum absolute atomic E-state index is 0.808. The molecule has 0 saturated carbocycles. The van der Waals surface area contributed by atoms with Gasteiger partial charge in [-0.3, -0.25) is 0 Å². The third-order valence-corrected chi connectivity index (χ3v) is 2.82. The number of benzene rings is 1. The second-order valence-corrected chi connectivity index (χ2v) is 3.91. The van der Waals surface area contributed by atoms with Crippen LogP contribution in [-0.4, -0.2) is 20.2 Å². The molecule has 1 atom stereocenters. The van der Waals surface area contributed by atoms with Gasteiger partial charge in [-0.15, -0.1) is 0 Å². The van der Waals surface area contributed by atoms with Crippen LogP contribution in [-0.2, 0) is 6.42 Å². The average molecular weight is 191 g/mol. The molecule has 2 heteroatoms. The molecule has 1 aliphatic heterocycles. The van der Waals surface area contributed by atoms with Crippen molar-refractivity contribution >= 4 is 0 Å². The Hall–Kier alpha value is -1.02. The fourth-order valence-electron chi connectivity index (χ4n) is 2.02. The number of methoxy groups -OCH3 is 1. The van der Waals surface area contributed by atoms with Gasteiger partial charge in [0.25, 0.3) is 0 Å². The van der Waals surface area contributed by atoms with Crippen LogP contribution in [0.5, 0.6) is 5.75 Å². The van der Waals surface area contributed by atoms with Crippen LogP contribution in [0, 0.1) is 5.92 Å². The fraction of sp³-hybridized carbons (Fsp3) is 0.500. The van der Waals surface area contributed by atoms with E-state index in [-0.39, 0.29) is 0 Å². The van der Waals surface area contributed by atoms with Crippen LogP contribution >= 0.6 is 0 Å². The van der Waals surface area contributed by atoms with Gasteiger partial charge < -0.3 is 10.1 Å². The molecule has 1 heterocycles. The molecular formula is C12H17NO. The van der Waals surface area contributed by atoms with E-state index in [9.17, 15) is 0 Å². The molecule has 1 saturated heterocycles. The maximum Gasteiger partial charge on any atom is 0.119 e. The predicted molar refractivity (Wildman–Crippen MR) is 57.7 cm³/mol. The summed E-state index contributed by atoms with van der Waals surface area (Å²) in [6, 6.07) is 8.38. The van der Waals surface area contributed by atoms with Crippen molar-refractivity contribution in [3.05, 3.63) is 29.8 Å². The Balaban J connectivity index is 2.00. The van der Waals surface area contributed by atoms with E-state index in [4.69, 9.17) is 4.74 Å². The lowest BCUT2D eigenvalue weighted by Crippen LogP contribution is -2.10.